The van der Waals surface area contributed by atoms with Crippen LogP contribution in [0.5, 0.6) is 0 Å². The molecule has 0 aromatic rings. The molecule has 0 radical (unpaired) electrons. The molecule has 1 unspecified atom stereocenters. The van der Waals surface area contributed by atoms with Crippen LogP contribution in [0.2, 0.25) is 0 Å². The lowest BCUT2D eigenvalue weighted by atomic mass is 9.97. The molecule has 1 saturated carbocycles. The molecule has 1 N–H and O–H groups in total. The minimum atomic E-state index is 0.331. The van der Waals surface area contributed by atoms with Gasteiger partial charge in [0.15, 0.2) is 0 Å². The molecule has 1 aliphatic carbocycles. The monoisotopic (exact) mass is 230 g/mol. The molecule has 1 nitrogen and oxygen atoms in total. The highest BCUT2D eigenvalue weighted by molar-refractivity contribution is 6.20. The van der Waals surface area contributed by atoms with Crippen molar-refractivity contribution >= 4 is 11.6 Å². The second kappa shape index (κ2) is 7.29. The molecule has 15 heavy (non-hydrogen) atoms. The largest absolute Gasteiger partial charge is 0.396 e. The fourth-order valence-electron chi connectivity index (χ4n) is 2.24. The maximum Gasteiger partial charge on any atom is 0.0431 e. The Balaban J connectivity index is 2.10. The van der Waals surface area contributed by atoms with E-state index in [1.807, 2.05) is 0 Å². The molecule has 0 aromatic carbocycles. The first-order valence-corrected chi connectivity index (χ1v) is 6.61. The molecule has 0 bridgehead atoms. The molecule has 1 aliphatic rings. The van der Waals surface area contributed by atoms with E-state index in [-0.39, 0.29) is 0 Å². The Morgan fingerprint density at radius 1 is 1.27 bits per heavy atom. The van der Waals surface area contributed by atoms with E-state index in [2.05, 4.69) is 19.1 Å². The molecule has 1 fully saturated rings. The lowest BCUT2D eigenvalue weighted by Crippen LogP contribution is -2.08. The van der Waals surface area contributed by atoms with Gasteiger partial charge in [-0.15, -0.1) is 11.6 Å². The van der Waals surface area contributed by atoms with Gasteiger partial charge >= 0.3 is 0 Å². The Bertz CT molecular complexity index is 191. The summed E-state index contributed by atoms with van der Waals surface area (Å²) in [5.74, 6) is 1.34. The van der Waals surface area contributed by atoms with Crippen molar-refractivity contribution in [1.82, 2.24) is 0 Å². The summed E-state index contributed by atoms with van der Waals surface area (Å²) in [7, 11) is 0. The first-order valence-electron chi connectivity index (χ1n) is 6.17. The van der Waals surface area contributed by atoms with Gasteiger partial charge in [-0.05, 0) is 43.9 Å². The molecule has 0 saturated heterocycles. The average molecular weight is 231 g/mol. The zero-order valence-electron chi connectivity index (χ0n) is 9.66. The fraction of sp³-hybridized carbons (Fsp3) is 0.846. The average Bonchev–Trinajstić information content (AvgIpc) is 2.54. The minimum absolute atomic E-state index is 0.331. The number of aliphatic hydroxyl groups excluding tert-OH is 1. The number of aliphatic hydroxyl groups is 1. The summed E-state index contributed by atoms with van der Waals surface area (Å²) >= 11 is 6.18. The predicted octanol–water partition coefficient (Wildman–Crippen LogP) is 3.75. The molecule has 88 valence electrons. The van der Waals surface area contributed by atoms with Gasteiger partial charge in [-0.1, -0.05) is 25.5 Å². The molecule has 3 atom stereocenters. The first kappa shape index (κ1) is 13.1. The SMILES string of the molecule is CC1[C@H](Cl)CC[C@@H]1/C=C/CCCCCO. The maximum absolute atomic E-state index is 8.63. The third-order valence-electron chi connectivity index (χ3n) is 3.43. The van der Waals surface area contributed by atoms with E-state index in [0.29, 0.717) is 23.8 Å². The summed E-state index contributed by atoms with van der Waals surface area (Å²) in [6.07, 6.45) is 11.5. The van der Waals surface area contributed by atoms with Crippen molar-refractivity contribution in [2.24, 2.45) is 11.8 Å². The lowest BCUT2D eigenvalue weighted by Gasteiger charge is -2.12. The van der Waals surface area contributed by atoms with Gasteiger partial charge in [0, 0.05) is 12.0 Å². The molecule has 0 aromatic heterocycles. The van der Waals surface area contributed by atoms with Gasteiger partial charge in [0.2, 0.25) is 0 Å². The minimum Gasteiger partial charge on any atom is -0.396 e. The number of alkyl halides is 1. The van der Waals surface area contributed by atoms with Crippen molar-refractivity contribution in [3.63, 3.8) is 0 Å². The quantitative estimate of drug-likeness (QED) is 0.419. The van der Waals surface area contributed by atoms with Crippen molar-refractivity contribution < 1.29 is 5.11 Å². The Kier molecular flexibility index (Phi) is 6.35. The molecule has 2 heteroatoms. The van der Waals surface area contributed by atoms with Gasteiger partial charge < -0.3 is 5.11 Å². The standard InChI is InChI=1S/C13H23ClO/c1-11-12(8-9-13(11)14)7-5-3-2-4-6-10-15/h5,7,11-13,15H,2-4,6,8-10H2,1H3/b7-5+/t11?,12-,13+/m0/s1. The van der Waals surface area contributed by atoms with Crippen LogP contribution in [0.15, 0.2) is 12.2 Å². The van der Waals surface area contributed by atoms with E-state index in [1.54, 1.807) is 0 Å². The van der Waals surface area contributed by atoms with Crippen molar-refractivity contribution in [2.75, 3.05) is 6.61 Å². The molecule has 0 amide bonds. The van der Waals surface area contributed by atoms with Crippen LogP contribution in [0.25, 0.3) is 0 Å². The maximum atomic E-state index is 8.63. The predicted molar refractivity (Wildman–Crippen MR) is 66.2 cm³/mol. The highest BCUT2D eigenvalue weighted by atomic mass is 35.5. The van der Waals surface area contributed by atoms with E-state index in [0.717, 1.165) is 19.3 Å². The van der Waals surface area contributed by atoms with Crippen molar-refractivity contribution in [3.8, 4) is 0 Å². The van der Waals surface area contributed by atoms with Crippen LogP contribution >= 0.6 is 11.6 Å². The number of hydrogen-bond donors (Lipinski definition) is 1. The normalized spacial score (nSPS) is 31.5. The van der Waals surface area contributed by atoms with E-state index in [1.165, 1.54) is 19.3 Å². The second-order valence-corrected chi connectivity index (χ2v) is 5.18. The van der Waals surface area contributed by atoms with E-state index >= 15 is 0 Å². The molecular formula is C13H23ClO. The number of unbranched alkanes of at least 4 members (excludes halogenated alkanes) is 3. The lowest BCUT2D eigenvalue weighted by molar-refractivity contribution is 0.283. The molecule has 0 aliphatic heterocycles. The summed E-state index contributed by atoms with van der Waals surface area (Å²) in [5.41, 5.74) is 0. The third kappa shape index (κ3) is 4.56. The van der Waals surface area contributed by atoms with E-state index in [4.69, 9.17) is 16.7 Å². The van der Waals surface area contributed by atoms with E-state index < -0.39 is 0 Å². The van der Waals surface area contributed by atoms with Crippen LogP contribution in [0.4, 0.5) is 0 Å². The first-order chi connectivity index (χ1) is 7.25. The zero-order chi connectivity index (χ0) is 11.1. The summed E-state index contributed by atoms with van der Waals surface area (Å²) in [5, 5.41) is 9.01. The van der Waals surface area contributed by atoms with Crippen LogP contribution in [0.1, 0.15) is 45.4 Å². The number of rotatable bonds is 6. The summed E-state index contributed by atoms with van der Waals surface area (Å²) in [4.78, 5) is 0. The van der Waals surface area contributed by atoms with Crippen molar-refractivity contribution in [3.05, 3.63) is 12.2 Å². The summed E-state index contributed by atoms with van der Waals surface area (Å²) in [6, 6.07) is 0. The zero-order valence-corrected chi connectivity index (χ0v) is 10.4. The summed E-state index contributed by atoms with van der Waals surface area (Å²) in [6.45, 7) is 2.59. The number of halogens is 1. The van der Waals surface area contributed by atoms with Crippen molar-refractivity contribution in [1.29, 1.82) is 0 Å². The molecule has 0 heterocycles. The number of allylic oxidation sites excluding steroid dienone is 2. The van der Waals surface area contributed by atoms with Crippen LogP contribution in [0.3, 0.4) is 0 Å². The topological polar surface area (TPSA) is 20.2 Å². The van der Waals surface area contributed by atoms with Gasteiger partial charge in [0.1, 0.15) is 0 Å². The molecular weight excluding hydrogens is 208 g/mol. The fourth-order valence-corrected chi connectivity index (χ4v) is 2.55. The Hall–Kier alpha value is -0.0100. The van der Waals surface area contributed by atoms with Crippen LogP contribution < -0.4 is 0 Å². The summed E-state index contributed by atoms with van der Waals surface area (Å²) < 4.78 is 0. The van der Waals surface area contributed by atoms with Crippen LogP contribution in [-0.2, 0) is 0 Å². The van der Waals surface area contributed by atoms with Gasteiger partial charge in [-0.25, -0.2) is 0 Å². The van der Waals surface area contributed by atoms with Crippen molar-refractivity contribution in [2.45, 2.75) is 50.8 Å². The number of hydrogen-bond acceptors (Lipinski definition) is 1. The molecule has 1 rings (SSSR count). The highest BCUT2D eigenvalue weighted by Gasteiger charge is 2.29. The smallest absolute Gasteiger partial charge is 0.0431 e. The van der Waals surface area contributed by atoms with Crippen LogP contribution in [-0.4, -0.2) is 17.1 Å². The highest BCUT2D eigenvalue weighted by Crippen LogP contribution is 2.36. The van der Waals surface area contributed by atoms with Gasteiger partial charge in [-0.2, -0.15) is 0 Å². The Morgan fingerprint density at radius 3 is 2.67 bits per heavy atom. The molecule has 0 spiro atoms. The van der Waals surface area contributed by atoms with Gasteiger partial charge in [-0.3, -0.25) is 0 Å². The van der Waals surface area contributed by atoms with Crippen LogP contribution in [0, 0.1) is 11.8 Å². The Labute approximate surface area is 98.5 Å². The van der Waals surface area contributed by atoms with Gasteiger partial charge in [0.05, 0.1) is 0 Å². The second-order valence-electron chi connectivity index (χ2n) is 4.62. The third-order valence-corrected chi connectivity index (χ3v) is 4.05. The van der Waals surface area contributed by atoms with E-state index in [9.17, 15) is 0 Å². The Morgan fingerprint density at radius 2 is 2.07 bits per heavy atom. The van der Waals surface area contributed by atoms with Gasteiger partial charge in [0.25, 0.3) is 0 Å².